The lowest BCUT2D eigenvalue weighted by Gasteiger charge is -2.13. The minimum Gasteiger partial charge on any atom is -0.360 e. The number of anilines is 1. The summed E-state index contributed by atoms with van der Waals surface area (Å²) in [6.45, 7) is 0. The summed E-state index contributed by atoms with van der Waals surface area (Å²) in [6, 6.07) is 11.5. The van der Waals surface area contributed by atoms with E-state index in [0.717, 1.165) is 6.07 Å². The van der Waals surface area contributed by atoms with Gasteiger partial charge in [-0.25, -0.2) is 0 Å². The third-order valence-electron chi connectivity index (χ3n) is 3.75. The molecule has 3 aromatic rings. The zero-order chi connectivity index (χ0) is 21.0. The van der Waals surface area contributed by atoms with Gasteiger partial charge >= 0.3 is 6.18 Å². The number of benzene rings is 2. The number of carbonyl (C=O) groups excluding carboxylic acids is 1. The molecule has 0 aliphatic heterocycles. The van der Waals surface area contributed by atoms with Crippen LogP contribution < -0.4 is 5.32 Å². The molecule has 2 aromatic carbocycles. The highest BCUT2D eigenvalue weighted by atomic mass is 35.5. The van der Waals surface area contributed by atoms with Crippen LogP contribution in [-0.2, 0) is 16.7 Å². The molecule has 4 nitrogen and oxygen atoms in total. The number of aromatic nitrogens is 1. The van der Waals surface area contributed by atoms with Crippen LogP contribution in [0.5, 0.6) is 0 Å². The van der Waals surface area contributed by atoms with Crippen molar-refractivity contribution in [2.45, 2.75) is 11.9 Å². The lowest BCUT2D eigenvalue weighted by atomic mass is 10.1. The van der Waals surface area contributed by atoms with Gasteiger partial charge in [0.1, 0.15) is 11.5 Å². The van der Waals surface area contributed by atoms with Crippen molar-refractivity contribution in [3.8, 4) is 11.3 Å². The van der Waals surface area contributed by atoms with Crippen molar-refractivity contribution >= 4 is 46.6 Å². The van der Waals surface area contributed by atoms with Crippen molar-refractivity contribution < 1.29 is 22.5 Å². The van der Waals surface area contributed by atoms with E-state index in [1.807, 2.05) is 0 Å². The number of rotatable bonds is 6. The van der Waals surface area contributed by atoms with Gasteiger partial charge in [0.2, 0.25) is 5.91 Å². The zero-order valence-corrected chi connectivity index (χ0v) is 16.9. The van der Waals surface area contributed by atoms with Gasteiger partial charge in [0.25, 0.3) is 0 Å². The second-order valence-electron chi connectivity index (χ2n) is 5.89. The molecule has 1 heterocycles. The molecule has 0 saturated carbocycles. The third kappa shape index (κ3) is 5.68. The highest BCUT2D eigenvalue weighted by Crippen LogP contribution is 2.35. The number of halogens is 5. The number of hydrogen-bond donors (Lipinski definition) is 1. The van der Waals surface area contributed by atoms with Crippen LogP contribution in [-0.4, -0.2) is 16.8 Å². The van der Waals surface area contributed by atoms with Crippen molar-refractivity contribution in [2.75, 3.05) is 11.1 Å². The Morgan fingerprint density at radius 2 is 1.90 bits per heavy atom. The fraction of sp³-hybridized carbons (Fsp3) is 0.158. The zero-order valence-electron chi connectivity index (χ0n) is 14.6. The van der Waals surface area contributed by atoms with Gasteiger partial charge in [-0.1, -0.05) is 40.5 Å². The Hall–Kier alpha value is -2.16. The number of thioether (sulfide) groups is 1. The molecule has 0 aliphatic carbocycles. The van der Waals surface area contributed by atoms with Crippen LogP contribution in [0.2, 0.25) is 10.0 Å². The minimum absolute atomic E-state index is 0.0517. The highest BCUT2D eigenvalue weighted by Gasteiger charge is 2.33. The summed E-state index contributed by atoms with van der Waals surface area (Å²) in [4.78, 5) is 12.0. The molecule has 0 fully saturated rings. The van der Waals surface area contributed by atoms with Crippen LogP contribution in [0.4, 0.5) is 18.9 Å². The largest absolute Gasteiger partial charge is 0.418 e. The number of nitrogens with one attached hydrogen (secondary N) is 1. The van der Waals surface area contributed by atoms with E-state index in [1.54, 1.807) is 24.3 Å². The summed E-state index contributed by atoms with van der Waals surface area (Å²) >= 11 is 13.2. The van der Waals surface area contributed by atoms with Gasteiger partial charge in [-0.3, -0.25) is 4.79 Å². The van der Waals surface area contributed by atoms with E-state index in [9.17, 15) is 18.0 Å². The maximum Gasteiger partial charge on any atom is 0.418 e. The molecule has 0 aliphatic rings. The molecular formula is C19H13Cl2F3N2O2S. The number of hydrogen-bond acceptors (Lipinski definition) is 4. The summed E-state index contributed by atoms with van der Waals surface area (Å²) in [5.74, 6) is 0.211. The predicted molar refractivity (Wildman–Crippen MR) is 108 cm³/mol. The Kier molecular flexibility index (Phi) is 6.77. The topological polar surface area (TPSA) is 55.1 Å². The molecule has 0 spiro atoms. The Bertz CT molecular complexity index is 1020. The third-order valence-corrected chi connectivity index (χ3v) is 5.25. The number of alkyl halides is 3. The van der Waals surface area contributed by atoms with E-state index in [2.05, 4.69) is 10.5 Å². The lowest BCUT2D eigenvalue weighted by molar-refractivity contribution is -0.137. The first-order valence-corrected chi connectivity index (χ1v) is 10.1. The van der Waals surface area contributed by atoms with Crippen LogP contribution in [0.1, 0.15) is 11.3 Å². The second kappa shape index (κ2) is 9.11. The molecule has 0 saturated heterocycles. The van der Waals surface area contributed by atoms with Gasteiger partial charge in [0.15, 0.2) is 0 Å². The molecular weight excluding hydrogens is 448 g/mol. The average Bonchev–Trinajstić information content (AvgIpc) is 3.10. The van der Waals surface area contributed by atoms with Crippen LogP contribution in [0, 0.1) is 0 Å². The number of carbonyl (C=O) groups is 1. The number of nitrogens with zero attached hydrogens (tertiary/aromatic N) is 1. The summed E-state index contributed by atoms with van der Waals surface area (Å²) in [7, 11) is 0. The maximum absolute atomic E-state index is 13.0. The highest BCUT2D eigenvalue weighted by molar-refractivity contribution is 7.99. The Morgan fingerprint density at radius 1 is 1.14 bits per heavy atom. The molecule has 29 heavy (non-hydrogen) atoms. The van der Waals surface area contributed by atoms with E-state index in [4.69, 9.17) is 27.7 Å². The van der Waals surface area contributed by atoms with Crippen LogP contribution >= 0.6 is 35.0 Å². The Balaban J connectivity index is 1.56. The van der Waals surface area contributed by atoms with E-state index >= 15 is 0 Å². The van der Waals surface area contributed by atoms with Crippen LogP contribution in [0.15, 0.2) is 53.1 Å². The van der Waals surface area contributed by atoms with Crippen molar-refractivity contribution in [1.82, 2.24) is 5.16 Å². The van der Waals surface area contributed by atoms with Crippen LogP contribution in [0.3, 0.4) is 0 Å². The van der Waals surface area contributed by atoms with Gasteiger partial charge in [0, 0.05) is 16.7 Å². The van der Waals surface area contributed by atoms with Gasteiger partial charge in [-0.2, -0.15) is 13.2 Å². The van der Waals surface area contributed by atoms with E-state index < -0.39 is 17.6 Å². The van der Waals surface area contributed by atoms with Crippen molar-refractivity contribution in [3.05, 3.63) is 69.9 Å². The quantitative estimate of drug-likeness (QED) is 0.453. The smallest absolute Gasteiger partial charge is 0.360 e. The summed E-state index contributed by atoms with van der Waals surface area (Å²) in [5, 5.41) is 7.15. The molecule has 0 atom stereocenters. The molecule has 0 unspecified atom stereocenters. The molecule has 152 valence electrons. The van der Waals surface area contributed by atoms with Crippen molar-refractivity contribution in [3.63, 3.8) is 0 Å². The SMILES string of the molecule is O=C(CSCc1cc(-c2ccc(Cl)cc2Cl)no1)Nc1ccccc1C(F)(F)F. The summed E-state index contributed by atoms with van der Waals surface area (Å²) < 4.78 is 44.1. The van der Waals surface area contributed by atoms with E-state index in [0.29, 0.717) is 32.8 Å². The molecule has 0 radical (unpaired) electrons. The first kappa shape index (κ1) is 21.5. The molecule has 3 rings (SSSR count). The van der Waals surface area contributed by atoms with Crippen LogP contribution in [0.25, 0.3) is 11.3 Å². The molecule has 1 N–H and O–H groups in total. The predicted octanol–water partition coefficient (Wildman–Crippen LogP) is 6.54. The monoisotopic (exact) mass is 460 g/mol. The van der Waals surface area contributed by atoms with E-state index in [-0.39, 0.29) is 11.4 Å². The maximum atomic E-state index is 13.0. The first-order chi connectivity index (χ1) is 13.7. The molecule has 0 bridgehead atoms. The normalized spacial score (nSPS) is 11.5. The summed E-state index contributed by atoms with van der Waals surface area (Å²) in [5.41, 5.74) is 0.00592. The first-order valence-electron chi connectivity index (χ1n) is 8.19. The average molecular weight is 461 g/mol. The molecule has 1 aromatic heterocycles. The Labute approximate surface area is 178 Å². The standard InChI is InChI=1S/C19H13Cl2F3N2O2S/c20-11-5-6-13(15(21)7-11)17-8-12(28-26-17)9-29-10-18(27)25-16-4-2-1-3-14(16)19(22,23)24/h1-8H,9-10H2,(H,25,27). The minimum atomic E-state index is -4.55. The van der Waals surface area contributed by atoms with Gasteiger partial charge in [0.05, 0.1) is 27.8 Å². The number of amides is 1. The van der Waals surface area contributed by atoms with Gasteiger partial charge < -0.3 is 9.84 Å². The fourth-order valence-electron chi connectivity index (χ4n) is 2.48. The van der Waals surface area contributed by atoms with Crippen molar-refractivity contribution in [2.24, 2.45) is 0 Å². The van der Waals surface area contributed by atoms with E-state index in [1.165, 1.54) is 30.0 Å². The summed E-state index contributed by atoms with van der Waals surface area (Å²) in [6.07, 6.45) is -4.55. The molecule has 1 amide bonds. The van der Waals surface area contributed by atoms with Gasteiger partial charge in [-0.05, 0) is 30.3 Å². The van der Waals surface area contributed by atoms with Gasteiger partial charge in [-0.15, -0.1) is 11.8 Å². The Morgan fingerprint density at radius 3 is 2.62 bits per heavy atom. The molecule has 10 heteroatoms. The van der Waals surface area contributed by atoms with Crippen molar-refractivity contribution in [1.29, 1.82) is 0 Å². The lowest BCUT2D eigenvalue weighted by Crippen LogP contribution is -2.18. The number of para-hydroxylation sites is 1. The fourth-order valence-corrected chi connectivity index (χ4v) is 3.68. The second-order valence-corrected chi connectivity index (χ2v) is 7.72.